The first-order chi connectivity index (χ1) is 15.1. The maximum absolute atomic E-state index is 12.3. The molecule has 2 aromatic carbocycles. The van der Waals surface area contributed by atoms with E-state index in [0.717, 1.165) is 0 Å². The summed E-state index contributed by atoms with van der Waals surface area (Å²) in [5, 5.41) is 8.15. The monoisotopic (exact) mass is 420 g/mol. The predicted molar refractivity (Wildman–Crippen MR) is 115 cm³/mol. The van der Waals surface area contributed by atoms with Crippen LogP contribution in [0.15, 0.2) is 80.6 Å². The highest BCUT2D eigenvalue weighted by atomic mass is 16.4. The molecule has 0 radical (unpaired) electrons. The van der Waals surface area contributed by atoms with Crippen LogP contribution in [0.1, 0.15) is 12.2 Å². The van der Waals surface area contributed by atoms with Crippen molar-refractivity contribution >= 4 is 34.4 Å². The molecule has 31 heavy (non-hydrogen) atoms. The van der Waals surface area contributed by atoms with Crippen LogP contribution in [0.3, 0.4) is 0 Å². The summed E-state index contributed by atoms with van der Waals surface area (Å²) in [7, 11) is 0. The highest BCUT2D eigenvalue weighted by Gasteiger charge is 2.11. The second-order valence-corrected chi connectivity index (χ2v) is 6.75. The Balaban J connectivity index is 1.27. The SMILES string of the molecule is O=C(CCn1c(=O)oc2ccccc21)Nc1ccc(NC(=O)NCc2ccco2)cc1. The largest absolute Gasteiger partial charge is 0.467 e. The predicted octanol–water partition coefficient (Wildman–Crippen LogP) is 3.54. The number of rotatable bonds is 7. The standard InChI is InChI=1S/C22H20N4O5/c27-20(11-12-26-18-5-1-2-6-19(18)31-22(26)29)24-15-7-9-16(10-8-15)25-21(28)23-14-17-4-3-13-30-17/h1-10,13H,11-12,14H2,(H,24,27)(H2,23,25,28). The van der Waals surface area contributed by atoms with Crippen LogP contribution < -0.4 is 21.7 Å². The zero-order chi connectivity index (χ0) is 21.6. The van der Waals surface area contributed by atoms with Gasteiger partial charge in [0.1, 0.15) is 5.76 Å². The first kappa shape index (κ1) is 20.0. The van der Waals surface area contributed by atoms with Gasteiger partial charge in [-0.2, -0.15) is 0 Å². The molecule has 2 aromatic heterocycles. The molecule has 158 valence electrons. The maximum atomic E-state index is 12.3. The van der Waals surface area contributed by atoms with Crippen molar-refractivity contribution in [3.63, 3.8) is 0 Å². The number of carbonyl (C=O) groups is 2. The Morgan fingerprint density at radius 3 is 2.39 bits per heavy atom. The van der Waals surface area contributed by atoms with Gasteiger partial charge in [-0.1, -0.05) is 12.1 Å². The van der Waals surface area contributed by atoms with Crippen LogP contribution in [-0.2, 0) is 17.9 Å². The van der Waals surface area contributed by atoms with E-state index in [1.807, 2.05) is 0 Å². The van der Waals surface area contributed by atoms with Crippen molar-refractivity contribution in [3.05, 3.63) is 83.2 Å². The van der Waals surface area contributed by atoms with Crippen molar-refractivity contribution in [2.24, 2.45) is 0 Å². The van der Waals surface area contributed by atoms with Crippen LogP contribution in [0.5, 0.6) is 0 Å². The molecule has 0 aliphatic heterocycles. The second-order valence-electron chi connectivity index (χ2n) is 6.75. The zero-order valence-electron chi connectivity index (χ0n) is 16.5. The molecule has 0 aliphatic rings. The van der Waals surface area contributed by atoms with Crippen molar-refractivity contribution in [1.29, 1.82) is 0 Å². The Kier molecular flexibility index (Phi) is 5.84. The minimum absolute atomic E-state index is 0.110. The van der Waals surface area contributed by atoms with Gasteiger partial charge in [-0.05, 0) is 48.5 Å². The number of hydrogen-bond donors (Lipinski definition) is 3. The smallest absolute Gasteiger partial charge is 0.419 e. The number of nitrogens with zero attached hydrogens (tertiary/aromatic N) is 1. The summed E-state index contributed by atoms with van der Waals surface area (Å²) in [6, 6.07) is 16.9. The molecule has 9 heteroatoms. The molecule has 4 aromatic rings. The molecule has 0 saturated carbocycles. The first-order valence-corrected chi connectivity index (χ1v) is 9.64. The normalized spacial score (nSPS) is 10.7. The van der Waals surface area contributed by atoms with Gasteiger partial charge in [-0.25, -0.2) is 9.59 Å². The van der Waals surface area contributed by atoms with Crippen LogP contribution in [0.2, 0.25) is 0 Å². The Labute approximate surface area is 176 Å². The van der Waals surface area contributed by atoms with Crippen molar-refractivity contribution in [2.45, 2.75) is 19.5 Å². The van der Waals surface area contributed by atoms with E-state index < -0.39 is 5.76 Å². The lowest BCUT2D eigenvalue weighted by atomic mass is 10.2. The van der Waals surface area contributed by atoms with Crippen LogP contribution in [0, 0.1) is 0 Å². The van der Waals surface area contributed by atoms with Crippen molar-refractivity contribution < 1.29 is 18.4 Å². The minimum atomic E-state index is -0.491. The number of anilines is 2. The molecule has 9 nitrogen and oxygen atoms in total. The number of carbonyl (C=O) groups excluding carboxylic acids is 2. The molecule has 3 amide bonds. The molecule has 4 rings (SSSR count). The zero-order valence-corrected chi connectivity index (χ0v) is 16.5. The van der Waals surface area contributed by atoms with E-state index >= 15 is 0 Å². The fraction of sp³-hybridized carbons (Fsp3) is 0.136. The number of benzene rings is 2. The fourth-order valence-electron chi connectivity index (χ4n) is 3.06. The van der Waals surface area contributed by atoms with Gasteiger partial charge in [0.25, 0.3) is 0 Å². The summed E-state index contributed by atoms with van der Waals surface area (Å²) in [4.78, 5) is 36.2. The van der Waals surface area contributed by atoms with Gasteiger partial charge in [-0.3, -0.25) is 9.36 Å². The number of oxazole rings is 1. The van der Waals surface area contributed by atoms with E-state index in [4.69, 9.17) is 8.83 Å². The quantitative estimate of drug-likeness (QED) is 0.423. The van der Waals surface area contributed by atoms with Gasteiger partial charge in [0, 0.05) is 24.3 Å². The fourth-order valence-corrected chi connectivity index (χ4v) is 3.06. The van der Waals surface area contributed by atoms with Gasteiger partial charge in [-0.15, -0.1) is 0 Å². The van der Waals surface area contributed by atoms with E-state index in [0.29, 0.717) is 28.2 Å². The summed E-state index contributed by atoms with van der Waals surface area (Å²) >= 11 is 0. The number of fused-ring (bicyclic) bond motifs is 1. The third-order valence-electron chi connectivity index (χ3n) is 4.57. The van der Waals surface area contributed by atoms with Gasteiger partial charge < -0.3 is 24.8 Å². The van der Waals surface area contributed by atoms with Gasteiger partial charge >= 0.3 is 11.8 Å². The van der Waals surface area contributed by atoms with Crippen molar-refractivity contribution in [3.8, 4) is 0 Å². The Morgan fingerprint density at radius 1 is 0.903 bits per heavy atom. The van der Waals surface area contributed by atoms with E-state index in [2.05, 4.69) is 16.0 Å². The van der Waals surface area contributed by atoms with E-state index in [9.17, 15) is 14.4 Å². The lowest BCUT2D eigenvalue weighted by molar-refractivity contribution is -0.116. The highest BCUT2D eigenvalue weighted by Crippen LogP contribution is 2.15. The van der Waals surface area contributed by atoms with Gasteiger partial charge in [0.2, 0.25) is 5.91 Å². The topological polar surface area (TPSA) is 119 Å². The van der Waals surface area contributed by atoms with Gasteiger partial charge in [0.15, 0.2) is 5.58 Å². The number of hydrogen-bond acceptors (Lipinski definition) is 5. The third kappa shape index (κ3) is 5.02. The van der Waals surface area contributed by atoms with Crippen LogP contribution >= 0.6 is 0 Å². The average molecular weight is 420 g/mol. The van der Waals surface area contributed by atoms with Crippen molar-refractivity contribution in [1.82, 2.24) is 9.88 Å². The molecule has 0 saturated heterocycles. The summed E-state index contributed by atoms with van der Waals surface area (Å²) in [6.07, 6.45) is 1.65. The van der Waals surface area contributed by atoms with Crippen LogP contribution in [0.4, 0.5) is 16.2 Å². The molecular weight excluding hydrogens is 400 g/mol. The minimum Gasteiger partial charge on any atom is -0.467 e. The lowest BCUT2D eigenvalue weighted by Crippen LogP contribution is -2.27. The number of nitrogens with one attached hydrogen (secondary N) is 3. The van der Waals surface area contributed by atoms with E-state index in [1.54, 1.807) is 60.7 Å². The molecule has 2 heterocycles. The molecule has 0 bridgehead atoms. The Hall–Kier alpha value is -4.27. The molecule has 0 aliphatic carbocycles. The molecule has 0 atom stereocenters. The van der Waals surface area contributed by atoms with E-state index in [-0.39, 0.29) is 31.4 Å². The lowest BCUT2D eigenvalue weighted by Gasteiger charge is -2.09. The molecular formula is C22H20N4O5. The number of para-hydroxylation sites is 2. The first-order valence-electron chi connectivity index (χ1n) is 9.64. The second kappa shape index (κ2) is 9.04. The number of aromatic nitrogens is 1. The Morgan fingerprint density at radius 2 is 1.65 bits per heavy atom. The van der Waals surface area contributed by atoms with Crippen LogP contribution in [-0.4, -0.2) is 16.5 Å². The number of furan rings is 1. The van der Waals surface area contributed by atoms with Crippen LogP contribution in [0.25, 0.3) is 11.1 Å². The highest BCUT2D eigenvalue weighted by molar-refractivity contribution is 5.92. The summed E-state index contributed by atoms with van der Waals surface area (Å²) < 4.78 is 11.7. The molecule has 0 unspecified atom stereocenters. The van der Waals surface area contributed by atoms with Crippen molar-refractivity contribution in [2.75, 3.05) is 10.6 Å². The van der Waals surface area contributed by atoms with E-state index in [1.165, 1.54) is 10.8 Å². The van der Waals surface area contributed by atoms with Gasteiger partial charge in [0.05, 0.1) is 18.3 Å². The summed E-state index contributed by atoms with van der Waals surface area (Å²) in [5.41, 5.74) is 2.30. The number of aryl methyl sites for hydroxylation is 1. The molecule has 0 spiro atoms. The summed E-state index contributed by atoms with van der Waals surface area (Å²) in [6.45, 7) is 0.485. The molecule has 3 N–H and O–H groups in total. The maximum Gasteiger partial charge on any atom is 0.419 e. The number of amides is 3. The Bertz CT molecular complexity index is 1240. The molecule has 0 fully saturated rings. The average Bonchev–Trinajstić information content (AvgIpc) is 3.39. The third-order valence-corrected chi connectivity index (χ3v) is 4.57. The summed E-state index contributed by atoms with van der Waals surface area (Å²) in [5.74, 6) is -0.0808. The number of urea groups is 1.